The highest BCUT2D eigenvalue weighted by molar-refractivity contribution is 5.86. The van der Waals surface area contributed by atoms with Crippen molar-refractivity contribution in [2.45, 2.75) is 44.3 Å². The van der Waals surface area contributed by atoms with Gasteiger partial charge in [0, 0.05) is 0 Å². The monoisotopic (exact) mass is 183 g/mol. The fraction of sp³-hybridized carbons (Fsp3) is 0.700. The zero-order valence-electron chi connectivity index (χ0n) is 7.77. The summed E-state index contributed by atoms with van der Waals surface area (Å²) in [7, 11) is 0. The fourth-order valence-electron chi connectivity index (χ4n) is 1.26. The molecule has 1 atom stereocenters. The second-order valence-corrected chi connectivity index (χ2v) is 3.42. The van der Waals surface area contributed by atoms with Crippen molar-refractivity contribution in [3.63, 3.8) is 0 Å². The number of terminal acetylenes is 1. The van der Waals surface area contributed by atoms with Crippen molar-refractivity contribution in [1.82, 2.24) is 5.32 Å². The number of carbonyl (C=O) groups is 1. The van der Waals surface area contributed by atoms with Gasteiger partial charge in [-0.15, -0.1) is 6.42 Å². The molecular weight excluding hydrogens is 169 g/mol. The summed E-state index contributed by atoms with van der Waals surface area (Å²) >= 11 is 0. The molecule has 3 heteroatoms. The lowest BCUT2D eigenvalue weighted by Gasteiger charge is -2.32. The van der Waals surface area contributed by atoms with Crippen molar-refractivity contribution < 1.29 is 9.18 Å². The Hall–Kier alpha value is -1.04. The highest BCUT2D eigenvalue weighted by Gasteiger charge is 2.44. The second kappa shape index (κ2) is 3.78. The standard InChI is InChI=1S/C10H14FNO/c1-3-8(4-2)12-9(13)10(11)6-5-7-10/h1,8H,4-7H2,2H3,(H,12,13). The highest BCUT2D eigenvalue weighted by atomic mass is 19.1. The molecule has 1 rings (SSSR count). The summed E-state index contributed by atoms with van der Waals surface area (Å²) in [6.07, 6.45) is 7.24. The molecule has 2 nitrogen and oxygen atoms in total. The lowest BCUT2D eigenvalue weighted by atomic mass is 9.81. The zero-order valence-corrected chi connectivity index (χ0v) is 7.77. The van der Waals surface area contributed by atoms with Crippen LogP contribution < -0.4 is 5.32 Å². The molecule has 0 spiro atoms. The van der Waals surface area contributed by atoms with E-state index < -0.39 is 11.6 Å². The van der Waals surface area contributed by atoms with E-state index in [9.17, 15) is 9.18 Å². The summed E-state index contributed by atoms with van der Waals surface area (Å²) in [5, 5.41) is 2.51. The van der Waals surface area contributed by atoms with Crippen molar-refractivity contribution in [3.05, 3.63) is 0 Å². The van der Waals surface area contributed by atoms with E-state index in [-0.39, 0.29) is 6.04 Å². The van der Waals surface area contributed by atoms with Crippen LogP contribution in [-0.4, -0.2) is 17.6 Å². The summed E-state index contributed by atoms with van der Waals surface area (Å²) in [6.45, 7) is 1.86. The average molecular weight is 183 g/mol. The van der Waals surface area contributed by atoms with Gasteiger partial charge in [0.05, 0.1) is 6.04 Å². The molecule has 1 unspecified atom stereocenters. The predicted octanol–water partition coefficient (Wildman–Crippen LogP) is 1.41. The van der Waals surface area contributed by atoms with E-state index >= 15 is 0 Å². The van der Waals surface area contributed by atoms with Crippen LogP contribution in [0.1, 0.15) is 32.6 Å². The largest absolute Gasteiger partial charge is 0.340 e. The number of nitrogens with one attached hydrogen (secondary N) is 1. The molecule has 13 heavy (non-hydrogen) atoms. The maximum absolute atomic E-state index is 13.5. The molecule has 72 valence electrons. The number of hydrogen-bond donors (Lipinski definition) is 1. The maximum atomic E-state index is 13.5. The first kappa shape index (κ1) is 10.0. The molecule has 0 aliphatic heterocycles. The molecule has 0 aromatic carbocycles. The minimum atomic E-state index is -1.63. The number of rotatable bonds is 3. The quantitative estimate of drug-likeness (QED) is 0.658. The molecule has 0 heterocycles. The van der Waals surface area contributed by atoms with Crippen LogP contribution in [0.5, 0.6) is 0 Å². The van der Waals surface area contributed by atoms with Gasteiger partial charge in [0.15, 0.2) is 5.67 Å². The zero-order chi connectivity index (χ0) is 9.90. The van der Waals surface area contributed by atoms with Gasteiger partial charge in [-0.1, -0.05) is 12.8 Å². The molecule has 0 aromatic rings. The van der Waals surface area contributed by atoms with Crippen LogP contribution in [0.25, 0.3) is 0 Å². The molecule has 1 saturated carbocycles. The molecule has 0 saturated heterocycles. The predicted molar refractivity (Wildman–Crippen MR) is 48.7 cm³/mol. The summed E-state index contributed by atoms with van der Waals surface area (Å²) in [5.41, 5.74) is -1.63. The van der Waals surface area contributed by atoms with Gasteiger partial charge in [-0.05, 0) is 25.7 Å². The first-order valence-corrected chi connectivity index (χ1v) is 4.58. The topological polar surface area (TPSA) is 29.1 Å². The Morgan fingerprint density at radius 2 is 2.38 bits per heavy atom. The molecule has 0 bridgehead atoms. The van der Waals surface area contributed by atoms with Crippen molar-refractivity contribution in [2.24, 2.45) is 0 Å². The van der Waals surface area contributed by atoms with Crippen LogP contribution in [-0.2, 0) is 4.79 Å². The maximum Gasteiger partial charge on any atom is 0.258 e. The molecule has 0 aromatic heterocycles. The molecule has 1 fully saturated rings. The van der Waals surface area contributed by atoms with Crippen LogP contribution >= 0.6 is 0 Å². The van der Waals surface area contributed by atoms with E-state index in [1.54, 1.807) is 0 Å². The summed E-state index contributed by atoms with van der Waals surface area (Å²) < 4.78 is 13.5. The van der Waals surface area contributed by atoms with Gasteiger partial charge in [0.25, 0.3) is 5.91 Å². The minimum absolute atomic E-state index is 0.333. The fourth-order valence-corrected chi connectivity index (χ4v) is 1.26. The van der Waals surface area contributed by atoms with Crippen LogP contribution in [0.2, 0.25) is 0 Å². The van der Waals surface area contributed by atoms with Crippen LogP contribution in [0.15, 0.2) is 0 Å². The number of carbonyl (C=O) groups excluding carboxylic acids is 1. The minimum Gasteiger partial charge on any atom is -0.340 e. The Balaban J connectivity index is 2.45. The molecule has 1 aliphatic rings. The smallest absolute Gasteiger partial charge is 0.258 e. The lowest BCUT2D eigenvalue weighted by molar-refractivity contribution is -0.138. The molecule has 1 N–H and O–H groups in total. The summed E-state index contributed by atoms with van der Waals surface area (Å²) in [6, 6.07) is -0.333. The normalized spacial score (nSPS) is 21.0. The van der Waals surface area contributed by atoms with Gasteiger partial charge in [0.1, 0.15) is 0 Å². The van der Waals surface area contributed by atoms with Crippen LogP contribution in [0, 0.1) is 12.3 Å². The number of hydrogen-bond acceptors (Lipinski definition) is 1. The van der Waals surface area contributed by atoms with Gasteiger partial charge in [-0.3, -0.25) is 4.79 Å². The van der Waals surface area contributed by atoms with Gasteiger partial charge in [-0.25, -0.2) is 4.39 Å². The SMILES string of the molecule is C#CC(CC)NC(=O)C1(F)CCC1. The Morgan fingerprint density at radius 3 is 2.69 bits per heavy atom. The number of alkyl halides is 1. The van der Waals surface area contributed by atoms with Gasteiger partial charge in [-0.2, -0.15) is 0 Å². The molecular formula is C10H14FNO. The van der Waals surface area contributed by atoms with Crippen molar-refractivity contribution in [3.8, 4) is 12.3 Å². The Kier molecular flexibility index (Phi) is 2.92. The third-order valence-electron chi connectivity index (χ3n) is 2.47. The van der Waals surface area contributed by atoms with E-state index in [1.165, 1.54) is 0 Å². The van der Waals surface area contributed by atoms with Crippen molar-refractivity contribution in [1.29, 1.82) is 0 Å². The van der Waals surface area contributed by atoms with Crippen molar-refractivity contribution >= 4 is 5.91 Å². The molecule has 1 amide bonds. The first-order valence-electron chi connectivity index (χ1n) is 4.58. The lowest BCUT2D eigenvalue weighted by Crippen LogP contribution is -2.50. The second-order valence-electron chi connectivity index (χ2n) is 3.42. The average Bonchev–Trinajstić information content (AvgIpc) is 2.09. The van der Waals surface area contributed by atoms with Crippen LogP contribution in [0.3, 0.4) is 0 Å². The summed E-state index contributed by atoms with van der Waals surface area (Å²) in [4.78, 5) is 11.3. The van der Waals surface area contributed by atoms with E-state index in [4.69, 9.17) is 6.42 Å². The van der Waals surface area contributed by atoms with Gasteiger partial charge < -0.3 is 5.32 Å². The summed E-state index contributed by atoms with van der Waals surface area (Å²) in [5.74, 6) is 1.87. The van der Waals surface area contributed by atoms with Gasteiger partial charge >= 0.3 is 0 Å². The molecule has 0 radical (unpaired) electrons. The van der Waals surface area contributed by atoms with E-state index in [2.05, 4.69) is 11.2 Å². The highest BCUT2D eigenvalue weighted by Crippen LogP contribution is 2.35. The number of halogens is 1. The Labute approximate surface area is 77.9 Å². The van der Waals surface area contributed by atoms with Crippen molar-refractivity contribution in [2.75, 3.05) is 0 Å². The number of amides is 1. The van der Waals surface area contributed by atoms with E-state index in [0.717, 1.165) is 6.42 Å². The Bertz CT molecular complexity index is 240. The van der Waals surface area contributed by atoms with Crippen LogP contribution in [0.4, 0.5) is 4.39 Å². The first-order chi connectivity index (χ1) is 6.12. The molecule has 1 aliphatic carbocycles. The van der Waals surface area contributed by atoms with Gasteiger partial charge in [0.2, 0.25) is 0 Å². The van der Waals surface area contributed by atoms with E-state index in [0.29, 0.717) is 19.3 Å². The third-order valence-corrected chi connectivity index (χ3v) is 2.47. The Morgan fingerprint density at radius 1 is 1.77 bits per heavy atom. The third kappa shape index (κ3) is 2.00. The van der Waals surface area contributed by atoms with E-state index in [1.807, 2.05) is 6.92 Å².